The average Bonchev–Trinajstić information content (AvgIpc) is 2.66. The second-order valence-electron chi connectivity index (χ2n) is 5.92. The molecule has 0 aliphatic heterocycles. The highest BCUT2D eigenvalue weighted by Crippen LogP contribution is 2.21. The first-order valence-electron chi connectivity index (χ1n) is 8.96. The zero-order valence-corrected chi connectivity index (χ0v) is 15.7. The highest BCUT2D eigenvalue weighted by molar-refractivity contribution is 5.79. The SMILES string of the molecule is CCNC(=NCc1ccc(C)cc1OCC)NCC(O)c1ccncc1. The van der Waals surface area contributed by atoms with Crippen molar-refractivity contribution in [1.82, 2.24) is 15.6 Å². The summed E-state index contributed by atoms with van der Waals surface area (Å²) in [5, 5.41) is 16.7. The summed E-state index contributed by atoms with van der Waals surface area (Å²) < 4.78 is 5.71. The van der Waals surface area contributed by atoms with Crippen LogP contribution in [0.25, 0.3) is 0 Å². The molecule has 0 fully saturated rings. The Morgan fingerprint density at radius 3 is 2.65 bits per heavy atom. The number of hydrogen-bond acceptors (Lipinski definition) is 4. The van der Waals surface area contributed by atoms with Crippen molar-refractivity contribution in [3.63, 3.8) is 0 Å². The number of guanidine groups is 1. The Labute approximate surface area is 155 Å². The molecular formula is C20H28N4O2. The number of aliphatic hydroxyl groups excluding tert-OH is 1. The molecule has 0 bridgehead atoms. The fourth-order valence-corrected chi connectivity index (χ4v) is 2.49. The van der Waals surface area contributed by atoms with Crippen LogP contribution in [0.2, 0.25) is 0 Å². The molecule has 1 aromatic carbocycles. The van der Waals surface area contributed by atoms with Crippen molar-refractivity contribution in [2.75, 3.05) is 19.7 Å². The molecule has 0 saturated heterocycles. The van der Waals surface area contributed by atoms with E-state index in [-0.39, 0.29) is 0 Å². The normalized spacial score (nSPS) is 12.5. The van der Waals surface area contributed by atoms with Crippen LogP contribution in [0.5, 0.6) is 5.75 Å². The summed E-state index contributed by atoms with van der Waals surface area (Å²) in [5.74, 6) is 1.52. The van der Waals surface area contributed by atoms with Gasteiger partial charge < -0.3 is 20.5 Å². The first kappa shape index (κ1) is 19.7. The third-order valence-corrected chi connectivity index (χ3v) is 3.83. The number of aromatic nitrogens is 1. The van der Waals surface area contributed by atoms with Gasteiger partial charge in [-0.3, -0.25) is 4.98 Å². The van der Waals surface area contributed by atoms with Crippen molar-refractivity contribution >= 4 is 5.96 Å². The average molecular weight is 356 g/mol. The van der Waals surface area contributed by atoms with E-state index in [4.69, 9.17) is 4.74 Å². The second-order valence-corrected chi connectivity index (χ2v) is 5.92. The summed E-state index contributed by atoms with van der Waals surface area (Å²) in [6, 6.07) is 9.73. The lowest BCUT2D eigenvalue weighted by molar-refractivity contribution is 0.180. The summed E-state index contributed by atoms with van der Waals surface area (Å²) in [5.41, 5.74) is 3.01. The maximum absolute atomic E-state index is 10.3. The molecule has 0 radical (unpaired) electrons. The number of hydrogen-bond donors (Lipinski definition) is 3. The first-order chi connectivity index (χ1) is 12.6. The van der Waals surface area contributed by atoms with Crippen LogP contribution < -0.4 is 15.4 Å². The summed E-state index contributed by atoms with van der Waals surface area (Å²) >= 11 is 0. The van der Waals surface area contributed by atoms with Gasteiger partial charge in [-0.1, -0.05) is 12.1 Å². The number of rotatable bonds is 8. The van der Waals surface area contributed by atoms with Crippen LogP contribution in [-0.4, -0.2) is 35.7 Å². The molecule has 6 heteroatoms. The summed E-state index contributed by atoms with van der Waals surface area (Å²) in [6.07, 6.45) is 2.72. The highest BCUT2D eigenvalue weighted by Gasteiger charge is 2.09. The van der Waals surface area contributed by atoms with Gasteiger partial charge in [-0.25, -0.2) is 4.99 Å². The van der Waals surface area contributed by atoms with Gasteiger partial charge in [0.2, 0.25) is 0 Å². The lowest BCUT2D eigenvalue weighted by Crippen LogP contribution is -2.39. The molecule has 1 aromatic heterocycles. The standard InChI is InChI=1S/C20H28N4O2/c1-4-22-20(24-14-18(25)16-8-10-21-11-9-16)23-13-17-7-6-15(3)12-19(17)26-5-2/h6-12,18,25H,4-5,13-14H2,1-3H3,(H2,22,23,24). The fourth-order valence-electron chi connectivity index (χ4n) is 2.49. The van der Waals surface area contributed by atoms with E-state index >= 15 is 0 Å². The highest BCUT2D eigenvalue weighted by atomic mass is 16.5. The van der Waals surface area contributed by atoms with Gasteiger partial charge in [0, 0.05) is 31.0 Å². The Kier molecular flexibility index (Phi) is 7.89. The zero-order chi connectivity index (χ0) is 18.8. The van der Waals surface area contributed by atoms with Crippen molar-refractivity contribution in [2.24, 2.45) is 4.99 Å². The Morgan fingerprint density at radius 1 is 1.19 bits per heavy atom. The van der Waals surface area contributed by atoms with Gasteiger partial charge in [0.05, 0.1) is 19.3 Å². The molecule has 1 atom stereocenters. The van der Waals surface area contributed by atoms with E-state index in [2.05, 4.69) is 26.7 Å². The number of nitrogens with zero attached hydrogens (tertiary/aromatic N) is 2. The molecule has 3 N–H and O–H groups in total. The smallest absolute Gasteiger partial charge is 0.191 e. The molecule has 0 spiro atoms. The number of ether oxygens (including phenoxy) is 1. The Bertz CT molecular complexity index is 704. The number of pyridine rings is 1. The van der Waals surface area contributed by atoms with Crippen LogP contribution in [0.15, 0.2) is 47.7 Å². The predicted molar refractivity (Wildman–Crippen MR) is 104 cm³/mol. The fraction of sp³-hybridized carbons (Fsp3) is 0.400. The quantitative estimate of drug-likeness (QED) is 0.500. The third-order valence-electron chi connectivity index (χ3n) is 3.83. The van der Waals surface area contributed by atoms with Crippen LogP contribution in [0.4, 0.5) is 0 Å². The molecule has 0 aliphatic carbocycles. The molecule has 0 aliphatic rings. The van der Waals surface area contributed by atoms with Gasteiger partial charge in [-0.05, 0) is 50.1 Å². The summed E-state index contributed by atoms with van der Waals surface area (Å²) in [4.78, 5) is 8.58. The molecule has 1 heterocycles. The maximum Gasteiger partial charge on any atom is 0.191 e. The summed E-state index contributed by atoms with van der Waals surface area (Å²) in [6.45, 7) is 8.25. The van der Waals surface area contributed by atoms with Gasteiger partial charge in [-0.15, -0.1) is 0 Å². The van der Waals surface area contributed by atoms with E-state index in [1.54, 1.807) is 24.5 Å². The zero-order valence-electron chi connectivity index (χ0n) is 15.7. The van der Waals surface area contributed by atoms with Crippen LogP contribution in [-0.2, 0) is 6.54 Å². The van der Waals surface area contributed by atoms with Crippen LogP contribution in [0.1, 0.15) is 36.6 Å². The monoisotopic (exact) mass is 356 g/mol. The Morgan fingerprint density at radius 2 is 1.96 bits per heavy atom. The topological polar surface area (TPSA) is 78.8 Å². The van der Waals surface area contributed by atoms with E-state index in [1.807, 2.05) is 32.9 Å². The van der Waals surface area contributed by atoms with Gasteiger partial charge in [0.1, 0.15) is 5.75 Å². The molecule has 0 amide bonds. The van der Waals surface area contributed by atoms with Crippen molar-refractivity contribution in [3.8, 4) is 5.75 Å². The molecule has 26 heavy (non-hydrogen) atoms. The number of aliphatic imine (C=N–C) groups is 1. The van der Waals surface area contributed by atoms with Crippen LogP contribution >= 0.6 is 0 Å². The minimum atomic E-state index is -0.625. The van der Waals surface area contributed by atoms with Crippen molar-refractivity contribution in [2.45, 2.75) is 33.4 Å². The van der Waals surface area contributed by atoms with Crippen LogP contribution in [0.3, 0.4) is 0 Å². The molecule has 0 saturated carbocycles. The molecule has 140 valence electrons. The van der Waals surface area contributed by atoms with Gasteiger partial charge in [0.25, 0.3) is 0 Å². The Hall–Kier alpha value is -2.60. The minimum absolute atomic E-state index is 0.363. The van der Waals surface area contributed by atoms with E-state index in [0.29, 0.717) is 25.7 Å². The molecule has 6 nitrogen and oxygen atoms in total. The van der Waals surface area contributed by atoms with E-state index < -0.39 is 6.10 Å². The largest absolute Gasteiger partial charge is 0.494 e. The second kappa shape index (κ2) is 10.4. The third kappa shape index (κ3) is 6.04. The minimum Gasteiger partial charge on any atom is -0.494 e. The predicted octanol–water partition coefficient (Wildman–Crippen LogP) is 2.58. The van der Waals surface area contributed by atoms with Crippen LogP contribution in [0, 0.1) is 6.92 Å². The van der Waals surface area contributed by atoms with Gasteiger partial charge in [-0.2, -0.15) is 0 Å². The van der Waals surface area contributed by atoms with Crippen molar-refractivity contribution in [1.29, 1.82) is 0 Å². The first-order valence-corrected chi connectivity index (χ1v) is 8.96. The number of nitrogens with one attached hydrogen (secondary N) is 2. The van der Waals surface area contributed by atoms with E-state index in [9.17, 15) is 5.11 Å². The maximum atomic E-state index is 10.3. The van der Waals surface area contributed by atoms with Crippen molar-refractivity contribution in [3.05, 3.63) is 59.4 Å². The number of benzene rings is 1. The lowest BCUT2D eigenvalue weighted by atomic mass is 10.1. The molecule has 2 aromatic rings. The summed E-state index contributed by atoms with van der Waals surface area (Å²) in [7, 11) is 0. The van der Waals surface area contributed by atoms with E-state index in [1.165, 1.54) is 0 Å². The van der Waals surface area contributed by atoms with Gasteiger partial charge in [0.15, 0.2) is 5.96 Å². The molecule has 1 unspecified atom stereocenters. The Balaban J connectivity index is 2.02. The lowest BCUT2D eigenvalue weighted by Gasteiger charge is -2.16. The molecular weight excluding hydrogens is 328 g/mol. The van der Waals surface area contributed by atoms with E-state index in [0.717, 1.165) is 29.0 Å². The molecule has 2 rings (SSSR count). The van der Waals surface area contributed by atoms with Crippen molar-refractivity contribution < 1.29 is 9.84 Å². The number of aliphatic hydroxyl groups is 1. The number of aryl methyl sites for hydroxylation is 1. The van der Waals surface area contributed by atoms with Gasteiger partial charge >= 0.3 is 0 Å².